The van der Waals surface area contributed by atoms with Gasteiger partial charge in [-0.3, -0.25) is 4.79 Å². The molecule has 0 amide bonds. The van der Waals surface area contributed by atoms with Gasteiger partial charge in [-0.1, -0.05) is 31.2 Å². The Balaban J connectivity index is 1.51. The highest BCUT2D eigenvalue weighted by Crippen LogP contribution is 2.38. The first kappa shape index (κ1) is 24.6. The van der Waals surface area contributed by atoms with E-state index in [9.17, 15) is 4.79 Å². The normalized spacial score (nSPS) is 22.4. The molecule has 0 N–H and O–H groups in total. The molecule has 0 saturated carbocycles. The predicted octanol–water partition coefficient (Wildman–Crippen LogP) is 5.76. The Bertz CT molecular complexity index is 832. The molecule has 0 aromatic heterocycles. The lowest BCUT2D eigenvalue weighted by Gasteiger charge is -2.31. The van der Waals surface area contributed by atoms with E-state index in [4.69, 9.17) is 23.7 Å². The van der Waals surface area contributed by atoms with Crippen LogP contribution in [0.15, 0.2) is 48.5 Å². The van der Waals surface area contributed by atoms with Crippen LogP contribution in [0.1, 0.15) is 69.4 Å². The van der Waals surface area contributed by atoms with Crippen LogP contribution in [0.25, 0.3) is 0 Å². The van der Waals surface area contributed by atoms with Gasteiger partial charge in [-0.2, -0.15) is 0 Å². The Morgan fingerprint density at radius 1 is 0.824 bits per heavy atom. The molecule has 0 bridgehead atoms. The third kappa shape index (κ3) is 6.30. The molecule has 2 fully saturated rings. The van der Waals surface area contributed by atoms with Crippen LogP contribution in [0.3, 0.4) is 0 Å². The first-order chi connectivity index (χ1) is 16.6. The Morgan fingerprint density at radius 2 is 1.29 bits per heavy atom. The highest BCUT2D eigenvalue weighted by Gasteiger charge is 2.30. The maximum Gasteiger partial charge on any atom is 0.305 e. The fourth-order valence-electron chi connectivity index (χ4n) is 4.62. The van der Waals surface area contributed by atoms with Gasteiger partial charge in [-0.15, -0.1) is 0 Å². The molecule has 2 unspecified atom stereocenters. The summed E-state index contributed by atoms with van der Waals surface area (Å²) < 4.78 is 28.3. The molecule has 2 atom stereocenters. The monoisotopic (exact) mass is 468 g/mol. The molecule has 0 spiro atoms. The van der Waals surface area contributed by atoms with Gasteiger partial charge in [0.2, 0.25) is 0 Å². The van der Waals surface area contributed by atoms with Gasteiger partial charge in [0, 0.05) is 24.7 Å². The number of methoxy groups -OCH3 is 1. The van der Waals surface area contributed by atoms with E-state index in [2.05, 4.69) is 31.2 Å². The van der Waals surface area contributed by atoms with Crippen molar-refractivity contribution in [1.82, 2.24) is 0 Å². The summed E-state index contributed by atoms with van der Waals surface area (Å²) in [7, 11) is 1.43. The SMILES string of the molecule is COC(=O)CCC(C)(c1ccc(OC2CCCCO2)cc1)c1ccc(OC2CCCCO2)cc1. The van der Waals surface area contributed by atoms with E-state index < -0.39 is 0 Å². The second kappa shape index (κ2) is 11.7. The predicted molar refractivity (Wildman–Crippen MR) is 129 cm³/mol. The van der Waals surface area contributed by atoms with Crippen molar-refractivity contribution >= 4 is 5.97 Å². The molecular weight excluding hydrogens is 432 g/mol. The summed E-state index contributed by atoms with van der Waals surface area (Å²) in [5, 5.41) is 0. The lowest BCUT2D eigenvalue weighted by atomic mass is 9.73. The van der Waals surface area contributed by atoms with Gasteiger partial charge in [0.25, 0.3) is 0 Å². The van der Waals surface area contributed by atoms with Crippen molar-refractivity contribution < 1.29 is 28.5 Å². The molecule has 0 aliphatic carbocycles. The third-order valence-electron chi connectivity index (χ3n) is 6.85. The van der Waals surface area contributed by atoms with Gasteiger partial charge >= 0.3 is 5.97 Å². The molecular formula is C28H36O6. The minimum Gasteiger partial charge on any atom is -0.469 e. The van der Waals surface area contributed by atoms with Gasteiger partial charge in [-0.05, 0) is 67.5 Å². The van der Waals surface area contributed by atoms with E-state index in [-0.39, 0.29) is 24.0 Å². The molecule has 4 rings (SSSR count). The van der Waals surface area contributed by atoms with Crippen LogP contribution in [0.4, 0.5) is 0 Å². The summed E-state index contributed by atoms with van der Waals surface area (Å²) in [6.07, 6.45) is 6.87. The number of rotatable bonds is 9. The van der Waals surface area contributed by atoms with Crippen LogP contribution in [-0.2, 0) is 24.4 Å². The van der Waals surface area contributed by atoms with Crippen molar-refractivity contribution in [3.8, 4) is 11.5 Å². The molecule has 2 saturated heterocycles. The molecule has 2 aromatic rings. The van der Waals surface area contributed by atoms with Gasteiger partial charge in [0.15, 0.2) is 12.6 Å². The van der Waals surface area contributed by atoms with Gasteiger partial charge in [-0.25, -0.2) is 0 Å². The number of carbonyl (C=O) groups excluding carboxylic acids is 1. The average Bonchev–Trinajstić information content (AvgIpc) is 2.89. The minimum absolute atomic E-state index is 0.175. The number of esters is 1. The fourth-order valence-corrected chi connectivity index (χ4v) is 4.62. The number of carbonyl (C=O) groups is 1. The number of ether oxygens (including phenoxy) is 5. The summed E-state index contributed by atoms with van der Waals surface area (Å²) in [5.74, 6) is 1.37. The molecule has 34 heavy (non-hydrogen) atoms. The van der Waals surface area contributed by atoms with E-state index in [0.29, 0.717) is 12.8 Å². The van der Waals surface area contributed by atoms with Crippen LogP contribution in [0, 0.1) is 0 Å². The summed E-state index contributed by atoms with van der Waals surface area (Å²) in [5.41, 5.74) is 1.84. The number of benzene rings is 2. The second-order valence-corrected chi connectivity index (χ2v) is 9.28. The molecule has 2 aliphatic rings. The van der Waals surface area contributed by atoms with Crippen LogP contribution >= 0.6 is 0 Å². The van der Waals surface area contributed by atoms with Crippen molar-refractivity contribution in [2.24, 2.45) is 0 Å². The van der Waals surface area contributed by atoms with E-state index >= 15 is 0 Å². The lowest BCUT2D eigenvalue weighted by Crippen LogP contribution is -2.26. The maximum atomic E-state index is 12.0. The van der Waals surface area contributed by atoms with Crippen molar-refractivity contribution in [2.75, 3.05) is 20.3 Å². The number of hydrogen-bond acceptors (Lipinski definition) is 6. The Kier molecular flexibility index (Phi) is 8.46. The molecule has 6 heteroatoms. The van der Waals surface area contributed by atoms with Crippen LogP contribution in [0.2, 0.25) is 0 Å². The van der Waals surface area contributed by atoms with E-state index in [0.717, 1.165) is 74.4 Å². The fraction of sp³-hybridized carbons (Fsp3) is 0.536. The third-order valence-corrected chi connectivity index (χ3v) is 6.85. The lowest BCUT2D eigenvalue weighted by molar-refractivity contribution is -0.140. The zero-order chi connectivity index (χ0) is 23.8. The summed E-state index contributed by atoms with van der Waals surface area (Å²) in [4.78, 5) is 12.0. The van der Waals surface area contributed by atoms with Crippen molar-refractivity contribution in [2.45, 2.75) is 76.3 Å². The summed E-state index contributed by atoms with van der Waals surface area (Å²) in [6.45, 7) is 3.66. The van der Waals surface area contributed by atoms with E-state index in [1.54, 1.807) is 0 Å². The van der Waals surface area contributed by atoms with Gasteiger partial charge in [0.05, 0.1) is 20.3 Å². The highest BCUT2D eigenvalue weighted by molar-refractivity contribution is 5.69. The van der Waals surface area contributed by atoms with Crippen LogP contribution in [-0.4, -0.2) is 38.9 Å². The Morgan fingerprint density at radius 3 is 1.68 bits per heavy atom. The van der Waals surface area contributed by atoms with Crippen LogP contribution in [0.5, 0.6) is 11.5 Å². The van der Waals surface area contributed by atoms with Crippen molar-refractivity contribution in [3.63, 3.8) is 0 Å². The zero-order valence-electron chi connectivity index (χ0n) is 20.3. The largest absolute Gasteiger partial charge is 0.469 e. The number of hydrogen-bond donors (Lipinski definition) is 0. The quantitative estimate of drug-likeness (QED) is 0.436. The first-order valence-electron chi connectivity index (χ1n) is 12.4. The van der Waals surface area contributed by atoms with Crippen molar-refractivity contribution in [1.29, 1.82) is 0 Å². The smallest absolute Gasteiger partial charge is 0.305 e. The maximum absolute atomic E-state index is 12.0. The average molecular weight is 469 g/mol. The molecule has 2 heterocycles. The first-order valence-corrected chi connectivity index (χ1v) is 12.4. The zero-order valence-corrected chi connectivity index (χ0v) is 20.3. The Labute approximate surface area is 202 Å². The second-order valence-electron chi connectivity index (χ2n) is 9.28. The summed E-state index contributed by atoms with van der Waals surface area (Å²) in [6, 6.07) is 16.3. The molecule has 6 nitrogen and oxygen atoms in total. The summed E-state index contributed by atoms with van der Waals surface area (Å²) >= 11 is 0. The Hall–Kier alpha value is -2.57. The molecule has 2 aliphatic heterocycles. The molecule has 184 valence electrons. The molecule has 0 radical (unpaired) electrons. The minimum atomic E-state index is -0.381. The van der Waals surface area contributed by atoms with E-state index in [1.807, 2.05) is 24.3 Å². The molecule has 2 aromatic carbocycles. The van der Waals surface area contributed by atoms with E-state index in [1.165, 1.54) is 7.11 Å². The van der Waals surface area contributed by atoms with Crippen LogP contribution < -0.4 is 9.47 Å². The standard InChI is InChI=1S/C28H36O6/c1-28(18-17-25(29)30-2,21-9-13-23(14-10-21)33-26-7-3-5-19-31-26)22-11-15-24(16-12-22)34-27-8-4-6-20-32-27/h9-16,26-27H,3-8,17-20H2,1-2H3. The highest BCUT2D eigenvalue weighted by atomic mass is 16.7. The van der Waals surface area contributed by atoms with Gasteiger partial charge in [0.1, 0.15) is 11.5 Å². The van der Waals surface area contributed by atoms with Crippen molar-refractivity contribution in [3.05, 3.63) is 59.7 Å². The van der Waals surface area contributed by atoms with Gasteiger partial charge < -0.3 is 23.7 Å². The topological polar surface area (TPSA) is 63.2 Å².